The van der Waals surface area contributed by atoms with Gasteiger partial charge in [0.15, 0.2) is 0 Å². The Bertz CT molecular complexity index is 420. The van der Waals surface area contributed by atoms with Crippen LogP contribution in [0.4, 0.5) is 0 Å². The zero-order valence-electron chi connectivity index (χ0n) is 11.3. The van der Waals surface area contributed by atoms with E-state index in [4.69, 9.17) is 5.11 Å². The van der Waals surface area contributed by atoms with Crippen molar-refractivity contribution >= 4 is 11.9 Å². The van der Waals surface area contributed by atoms with E-state index in [-0.39, 0.29) is 12.5 Å². The normalized spacial score (nSPS) is 12.2. The highest BCUT2D eigenvalue weighted by Gasteiger charge is 2.18. The second-order valence-corrected chi connectivity index (χ2v) is 4.57. The fourth-order valence-electron chi connectivity index (χ4n) is 1.77. The SMILES string of the molecule is CNC(=O)CN(Cc1ccccc1)CC(C)C(=O)O. The molecule has 104 valence electrons. The zero-order chi connectivity index (χ0) is 14.3. The van der Waals surface area contributed by atoms with Gasteiger partial charge in [-0.2, -0.15) is 0 Å². The largest absolute Gasteiger partial charge is 0.481 e. The molecule has 1 aromatic rings. The summed E-state index contributed by atoms with van der Waals surface area (Å²) < 4.78 is 0. The van der Waals surface area contributed by atoms with Gasteiger partial charge in [-0.3, -0.25) is 14.5 Å². The van der Waals surface area contributed by atoms with Gasteiger partial charge in [0, 0.05) is 20.1 Å². The molecule has 0 aliphatic heterocycles. The Balaban J connectivity index is 2.68. The quantitative estimate of drug-likeness (QED) is 0.769. The summed E-state index contributed by atoms with van der Waals surface area (Å²) in [6, 6.07) is 9.69. The first kappa shape index (κ1) is 15.2. The van der Waals surface area contributed by atoms with Crippen LogP contribution in [0.3, 0.4) is 0 Å². The molecule has 19 heavy (non-hydrogen) atoms. The predicted molar refractivity (Wildman–Crippen MR) is 72.6 cm³/mol. The average molecular weight is 264 g/mol. The van der Waals surface area contributed by atoms with Crippen LogP contribution in [-0.2, 0) is 16.1 Å². The molecule has 0 bridgehead atoms. The molecule has 0 heterocycles. The van der Waals surface area contributed by atoms with E-state index in [9.17, 15) is 9.59 Å². The molecule has 0 aromatic heterocycles. The third-order valence-electron chi connectivity index (χ3n) is 2.85. The molecule has 1 atom stereocenters. The topological polar surface area (TPSA) is 69.6 Å². The molecule has 5 heteroatoms. The van der Waals surface area contributed by atoms with Crippen molar-refractivity contribution in [2.24, 2.45) is 5.92 Å². The molecule has 5 nitrogen and oxygen atoms in total. The minimum Gasteiger partial charge on any atom is -0.481 e. The third-order valence-corrected chi connectivity index (χ3v) is 2.85. The number of carbonyl (C=O) groups excluding carboxylic acids is 1. The second-order valence-electron chi connectivity index (χ2n) is 4.57. The summed E-state index contributed by atoms with van der Waals surface area (Å²) in [6.07, 6.45) is 0. The lowest BCUT2D eigenvalue weighted by molar-refractivity contribution is -0.142. The van der Waals surface area contributed by atoms with Gasteiger partial charge in [-0.15, -0.1) is 0 Å². The summed E-state index contributed by atoms with van der Waals surface area (Å²) in [4.78, 5) is 24.2. The Labute approximate surface area is 113 Å². The van der Waals surface area contributed by atoms with E-state index in [0.29, 0.717) is 13.1 Å². The van der Waals surface area contributed by atoms with Gasteiger partial charge in [-0.05, 0) is 5.56 Å². The van der Waals surface area contributed by atoms with Crippen molar-refractivity contribution in [1.29, 1.82) is 0 Å². The highest BCUT2D eigenvalue weighted by molar-refractivity contribution is 5.77. The van der Waals surface area contributed by atoms with Crippen LogP contribution < -0.4 is 5.32 Å². The molecule has 1 rings (SSSR count). The van der Waals surface area contributed by atoms with Gasteiger partial charge < -0.3 is 10.4 Å². The number of hydrogen-bond donors (Lipinski definition) is 2. The molecule has 0 radical (unpaired) electrons. The van der Waals surface area contributed by atoms with Gasteiger partial charge in [0.1, 0.15) is 0 Å². The van der Waals surface area contributed by atoms with E-state index in [1.54, 1.807) is 14.0 Å². The lowest BCUT2D eigenvalue weighted by Gasteiger charge is -2.23. The number of amides is 1. The molecular weight excluding hydrogens is 244 g/mol. The van der Waals surface area contributed by atoms with Crippen LogP contribution in [0.15, 0.2) is 30.3 Å². The van der Waals surface area contributed by atoms with Crippen molar-refractivity contribution in [2.75, 3.05) is 20.1 Å². The Morgan fingerprint density at radius 2 is 1.95 bits per heavy atom. The van der Waals surface area contributed by atoms with Crippen LogP contribution in [0, 0.1) is 5.92 Å². The number of nitrogens with zero attached hydrogens (tertiary/aromatic N) is 1. The van der Waals surface area contributed by atoms with Gasteiger partial charge in [-0.25, -0.2) is 0 Å². The number of aliphatic carboxylic acids is 1. The van der Waals surface area contributed by atoms with E-state index in [1.807, 2.05) is 35.2 Å². The minimum atomic E-state index is -0.852. The molecule has 0 saturated carbocycles. The number of carbonyl (C=O) groups is 2. The first-order valence-electron chi connectivity index (χ1n) is 6.22. The fraction of sp³-hybridized carbons (Fsp3) is 0.429. The number of likely N-dealkylation sites (N-methyl/N-ethyl adjacent to an activating group) is 1. The molecule has 0 saturated heterocycles. The molecule has 0 aliphatic rings. The van der Waals surface area contributed by atoms with Crippen LogP contribution in [0.25, 0.3) is 0 Å². The molecule has 0 fully saturated rings. The van der Waals surface area contributed by atoms with Crippen molar-refractivity contribution in [3.63, 3.8) is 0 Å². The van der Waals surface area contributed by atoms with Gasteiger partial charge in [-0.1, -0.05) is 37.3 Å². The maximum absolute atomic E-state index is 11.5. The summed E-state index contributed by atoms with van der Waals surface area (Å²) >= 11 is 0. The van der Waals surface area contributed by atoms with E-state index < -0.39 is 11.9 Å². The number of carboxylic acids is 1. The highest BCUT2D eigenvalue weighted by atomic mass is 16.4. The molecule has 0 spiro atoms. The third kappa shape index (κ3) is 5.52. The summed E-state index contributed by atoms with van der Waals surface area (Å²) in [5.74, 6) is -1.48. The monoisotopic (exact) mass is 264 g/mol. The molecule has 1 unspecified atom stereocenters. The average Bonchev–Trinajstić information content (AvgIpc) is 2.39. The Morgan fingerprint density at radius 1 is 1.32 bits per heavy atom. The maximum atomic E-state index is 11.5. The lowest BCUT2D eigenvalue weighted by Crippen LogP contribution is -2.39. The van der Waals surface area contributed by atoms with Crippen molar-refractivity contribution in [1.82, 2.24) is 10.2 Å². The summed E-state index contributed by atoms with van der Waals surface area (Å²) in [6.45, 7) is 2.75. The van der Waals surface area contributed by atoms with E-state index in [1.165, 1.54) is 0 Å². The van der Waals surface area contributed by atoms with Crippen molar-refractivity contribution in [3.05, 3.63) is 35.9 Å². The van der Waals surface area contributed by atoms with E-state index >= 15 is 0 Å². The van der Waals surface area contributed by atoms with Crippen molar-refractivity contribution in [2.45, 2.75) is 13.5 Å². The zero-order valence-corrected chi connectivity index (χ0v) is 11.3. The molecule has 2 N–H and O–H groups in total. The fourth-order valence-corrected chi connectivity index (χ4v) is 1.77. The first-order valence-corrected chi connectivity index (χ1v) is 6.22. The summed E-state index contributed by atoms with van der Waals surface area (Å²) in [7, 11) is 1.57. The van der Waals surface area contributed by atoms with Crippen molar-refractivity contribution in [3.8, 4) is 0 Å². The Morgan fingerprint density at radius 3 is 2.47 bits per heavy atom. The van der Waals surface area contributed by atoms with E-state index in [0.717, 1.165) is 5.56 Å². The first-order chi connectivity index (χ1) is 9.02. The number of carboxylic acid groups (broad SMARTS) is 1. The van der Waals surface area contributed by atoms with Crippen molar-refractivity contribution < 1.29 is 14.7 Å². The number of hydrogen-bond acceptors (Lipinski definition) is 3. The van der Waals surface area contributed by atoms with Gasteiger partial charge in [0.25, 0.3) is 0 Å². The van der Waals surface area contributed by atoms with Gasteiger partial charge >= 0.3 is 5.97 Å². The van der Waals surface area contributed by atoms with Crippen LogP contribution in [0.1, 0.15) is 12.5 Å². The van der Waals surface area contributed by atoms with E-state index in [2.05, 4.69) is 5.32 Å². The lowest BCUT2D eigenvalue weighted by atomic mass is 10.1. The number of benzene rings is 1. The summed E-state index contributed by atoms with van der Waals surface area (Å²) in [5.41, 5.74) is 1.06. The Hall–Kier alpha value is -1.88. The molecular formula is C14H20N2O3. The van der Waals surface area contributed by atoms with Gasteiger partial charge in [0.2, 0.25) is 5.91 Å². The summed E-state index contributed by atoms with van der Waals surface area (Å²) in [5, 5.41) is 11.5. The number of nitrogens with one attached hydrogen (secondary N) is 1. The molecule has 0 aliphatic carbocycles. The molecule has 1 aromatic carbocycles. The smallest absolute Gasteiger partial charge is 0.307 e. The van der Waals surface area contributed by atoms with Gasteiger partial charge in [0.05, 0.1) is 12.5 Å². The standard InChI is InChI=1S/C14H20N2O3/c1-11(14(18)19)8-16(10-13(17)15-2)9-12-6-4-3-5-7-12/h3-7,11H,8-10H2,1-2H3,(H,15,17)(H,18,19). The number of rotatable bonds is 7. The van der Waals surface area contributed by atoms with Crippen LogP contribution in [0.2, 0.25) is 0 Å². The molecule has 1 amide bonds. The second kappa shape index (κ2) is 7.53. The highest BCUT2D eigenvalue weighted by Crippen LogP contribution is 2.07. The minimum absolute atomic E-state index is 0.117. The van der Waals surface area contributed by atoms with Crippen LogP contribution >= 0.6 is 0 Å². The van der Waals surface area contributed by atoms with Crippen LogP contribution in [-0.4, -0.2) is 42.0 Å². The maximum Gasteiger partial charge on any atom is 0.307 e. The van der Waals surface area contributed by atoms with Crippen LogP contribution in [0.5, 0.6) is 0 Å². The predicted octanol–water partition coefficient (Wildman–Crippen LogP) is 0.955. The Kier molecular flexibility index (Phi) is 6.02.